The number of pyridine rings is 1. The van der Waals surface area contributed by atoms with Crippen molar-refractivity contribution in [2.24, 2.45) is 0 Å². The first-order chi connectivity index (χ1) is 6.52. The standard InChI is InChI=1S/C10H13ClN2O/c1-10(2,7-13-9(11)14)8-3-5-12-6-4-8/h3-6H,7H2,1-2H3,(H,13,14). The van der Waals surface area contributed by atoms with E-state index in [-0.39, 0.29) is 5.41 Å². The molecule has 0 aliphatic heterocycles. The van der Waals surface area contributed by atoms with Crippen molar-refractivity contribution < 1.29 is 4.79 Å². The van der Waals surface area contributed by atoms with E-state index in [1.807, 2.05) is 26.0 Å². The fourth-order valence-electron chi connectivity index (χ4n) is 1.20. The van der Waals surface area contributed by atoms with Crippen molar-refractivity contribution in [1.29, 1.82) is 0 Å². The molecule has 1 heterocycles. The molecule has 0 saturated carbocycles. The molecule has 0 aliphatic rings. The summed E-state index contributed by atoms with van der Waals surface area (Å²) < 4.78 is 0. The Morgan fingerprint density at radius 1 is 1.50 bits per heavy atom. The minimum absolute atomic E-state index is 0.131. The van der Waals surface area contributed by atoms with Crippen molar-refractivity contribution in [3.63, 3.8) is 0 Å². The normalized spacial score (nSPS) is 11.1. The molecule has 0 saturated heterocycles. The van der Waals surface area contributed by atoms with E-state index in [0.29, 0.717) is 6.54 Å². The largest absolute Gasteiger partial charge is 0.342 e. The van der Waals surface area contributed by atoms with E-state index in [1.165, 1.54) is 0 Å². The zero-order valence-electron chi connectivity index (χ0n) is 8.25. The first kappa shape index (κ1) is 11.0. The molecule has 0 aromatic carbocycles. The summed E-state index contributed by atoms with van der Waals surface area (Å²) in [6.45, 7) is 4.59. The lowest BCUT2D eigenvalue weighted by Crippen LogP contribution is -2.34. The van der Waals surface area contributed by atoms with Gasteiger partial charge in [-0.05, 0) is 29.3 Å². The smallest absolute Gasteiger partial charge is 0.313 e. The molecule has 0 bridgehead atoms. The van der Waals surface area contributed by atoms with Crippen molar-refractivity contribution in [3.05, 3.63) is 30.1 Å². The Balaban J connectivity index is 2.70. The lowest BCUT2D eigenvalue weighted by Gasteiger charge is -2.24. The molecule has 0 atom stereocenters. The molecule has 14 heavy (non-hydrogen) atoms. The second-order valence-corrected chi connectivity index (χ2v) is 4.09. The topological polar surface area (TPSA) is 42.0 Å². The minimum atomic E-state index is -0.521. The van der Waals surface area contributed by atoms with Crippen LogP contribution in [0.25, 0.3) is 0 Å². The van der Waals surface area contributed by atoms with Gasteiger partial charge >= 0.3 is 5.37 Å². The van der Waals surface area contributed by atoms with Crippen LogP contribution in [0.15, 0.2) is 24.5 Å². The van der Waals surface area contributed by atoms with Crippen LogP contribution in [0.2, 0.25) is 0 Å². The van der Waals surface area contributed by atoms with Crippen LogP contribution in [0.5, 0.6) is 0 Å². The average molecular weight is 213 g/mol. The SMILES string of the molecule is CC(C)(CNC(=O)Cl)c1ccncc1. The third kappa shape index (κ3) is 3.00. The summed E-state index contributed by atoms with van der Waals surface area (Å²) in [5.41, 5.74) is 0.992. The first-order valence-corrected chi connectivity index (χ1v) is 4.74. The maximum Gasteiger partial charge on any atom is 0.313 e. The highest BCUT2D eigenvalue weighted by atomic mass is 35.5. The van der Waals surface area contributed by atoms with Crippen molar-refractivity contribution in [2.45, 2.75) is 19.3 Å². The van der Waals surface area contributed by atoms with Crippen LogP contribution in [0.1, 0.15) is 19.4 Å². The summed E-state index contributed by atoms with van der Waals surface area (Å²) >= 11 is 5.21. The summed E-state index contributed by atoms with van der Waals surface area (Å²) in [5, 5.41) is 2.07. The number of nitrogens with zero attached hydrogens (tertiary/aromatic N) is 1. The fraction of sp³-hybridized carbons (Fsp3) is 0.400. The second-order valence-electron chi connectivity index (χ2n) is 3.75. The number of rotatable bonds is 3. The Morgan fingerprint density at radius 3 is 2.57 bits per heavy atom. The van der Waals surface area contributed by atoms with E-state index in [1.54, 1.807) is 12.4 Å². The highest BCUT2D eigenvalue weighted by molar-refractivity contribution is 6.62. The van der Waals surface area contributed by atoms with E-state index in [2.05, 4.69) is 10.3 Å². The molecule has 3 nitrogen and oxygen atoms in total. The summed E-state index contributed by atoms with van der Waals surface area (Å²) in [7, 11) is 0. The molecule has 0 spiro atoms. The minimum Gasteiger partial charge on any atom is -0.342 e. The van der Waals surface area contributed by atoms with Crippen LogP contribution in [0, 0.1) is 0 Å². The highest BCUT2D eigenvalue weighted by Gasteiger charge is 2.20. The molecule has 1 rings (SSSR count). The number of hydrogen-bond donors (Lipinski definition) is 1. The van der Waals surface area contributed by atoms with Gasteiger partial charge in [-0.15, -0.1) is 0 Å². The van der Waals surface area contributed by atoms with Gasteiger partial charge in [0.15, 0.2) is 0 Å². The molecule has 76 valence electrons. The van der Waals surface area contributed by atoms with Crippen molar-refractivity contribution in [2.75, 3.05) is 6.54 Å². The fourth-order valence-corrected chi connectivity index (χ4v) is 1.26. The van der Waals surface area contributed by atoms with E-state index < -0.39 is 5.37 Å². The number of nitrogens with one attached hydrogen (secondary N) is 1. The predicted molar refractivity (Wildman–Crippen MR) is 56.5 cm³/mol. The van der Waals surface area contributed by atoms with Crippen molar-refractivity contribution in [1.82, 2.24) is 10.3 Å². The van der Waals surface area contributed by atoms with Gasteiger partial charge in [-0.3, -0.25) is 9.78 Å². The van der Waals surface area contributed by atoms with Gasteiger partial charge in [0, 0.05) is 24.4 Å². The quantitative estimate of drug-likeness (QED) is 0.617. The van der Waals surface area contributed by atoms with Gasteiger partial charge < -0.3 is 5.32 Å². The zero-order valence-corrected chi connectivity index (χ0v) is 9.01. The summed E-state index contributed by atoms with van der Waals surface area (Å²) in [6.07, 6.45) is 3.47. The summed E-state index contributed by atoms with van der Waals surface area (Å²) in [4.78, 5) is 14.5. The molecule has 1 amide bonds. The van der Waals surface area contributed by atoms with Gasteiger partial charge in [0.1, 0.15) is 0 Å². The number of halogens is 1. The molecule has 0 radical (unpaired) electrons. The van der Waals surface area contributed by atoms with Crippen molar-refractivity contribution in [3.8, 4) is 0 Å². The zero-order chi connectivity index (χ0) is 10.6. The third-order valence-electron chi connectivity index (χ3n) is 2.13. The van der Waals surface area contributed by atoms with E-state index >= 15 is 0 Å². The first-order valence-electron chi connectivity index (χ1n) is 4.36. The molecule has 0 fully saturated rings. The van der Waals surface area contributed by atoms with Gasteiger partial charge in [-0.2, -0.15) is 0 Å². The molecule has 4 heteroatoms. The van der Waals surface area contributed by atoms with Gasteiger partial charge in [0.25, 0.3) is 0 Å². The monoisotopic (exact) mass is 212 g/mol. The Morgan fingerprint density at radius 2 is 2.07 bits per heavy atom. The molecule has 1 aromatic rings. The van der Waals surface area contributed by atoms with Gasteiger partial charge in [0.05, 0.1) is 0 Å². The number of amides is 1. The van der Waals surface area contributed by atoms with Gasteiger partial charge in [0.2, 0.25) is 0 Å². The highest BCUT2D eigenvalue weighted by Crippen LogP contribution is 2.21. The molecule has 0 aliphatic carbocycles. The number of hydrogen-bond acceptors (Lipinski definition) is 2. The molecule has 1 N–H and O–H groups in total. The Kier molecular flexibility index (Phi) is 3.47. The second kappa shape index (κ2) is 4.42. The van der Waals surface area contributed by atoms with Gasteiger partial charge in [-0.1, -0.05) is 13.8 Å². The molecular formula is C10H13ClN2O. The lowest BCUT2D eigenvalue weighted by molar-refractivity contribution is 0.257. The van der Waals surface area contributed by atoms with E-state index in [4.69, 9.17) is 11.6 Å². The summed E-state index contributed by atoms with van der Waals surface area (Å²) in [6, 6.07) is 3.86. The van der Waals surface area contributed by atoms with Crippen LogP contribution < -0.4 is 5.32 Å². The Labute approximate surface area is 88.5 Å². The van der Waals surface area contributed by atoms with E-state index in [9.17, 15) is 4.79 Å². The maximum absolute atomic E-state index is 10.6. The van der Waals surface area contributed by atoms with Crippen LogP contribution in [-0.4, -0.2) is 16.9 Å². The van der Waals surface area contributed by atoms with Crippen LogP contribution in [-0.2, 0) is 5.41 Å². The Bertz CT molecular complexity index is 311. The van der Waals surface area contributed by atoms with Crippen LogP contribution in [0.3, 0.4) is 0 Å². The molecule has 0 unspecified atom stereocenters. The van der Waals surface area contributed by atoms with Crippen LogP contribution in [0.4, 0.5) is 4.79 Å². The number of aromatic nitrogens is 1. The van der Waals surface area contributed by atoms with E-state index in [0.717, 1.165) is 5.56 Å². The Hall–Kier alpha value is -1.09. The number of carbonyl (C=O) groups excluding carboxylic acids is 1. The van der Waals surface area contributed by atoms with Crippen LogP contribution >= 0.6 is 11.6 Å². The molecule has 1 aromatic heterocycles. The maximum atomic E-state index is 10.6. The average Bonchev–Trinajstić information content (AvgIpc) is 2.16. The van der Waals surface area contributed by atoms with Gasteiger partial charge in [-0.25, -0.2) is 0 Å². The molecular weight excluding hydrogens is 200 g/mol. The third-order valence-corrected chi connectivity index (χ3v) is 2.26. The van der Waals surface area contributed by atoms with Crippen molar-refractivity contribution >= 4 is 17.0 Å². The predicted octanol–water partition coefficient (Wildman–Crippen LogP) is 2.31. The number of carbonyl (C=O) groups is 1. The lowest BCUT2D eigenvalue weighted by atomic mass is 9.85. The summed E-state index contributed by atoms with van der Waals surface area (Å²) in [5.74, 6) is 0.